The first kappa shape index (κ1) is 69.3. The Labute approximate surface area is 239 Å². The third kappa shape index (κ3) is 49.7. The van der Waals surface area contributed by atoms with Gasteiger partial charge in [-0.3, -0.25) is 0 Å². The first-order valence-corrected chi connectivity index (χ1v) is 0. The van der Waals surface area contributed by atoms with Crippen LogP contribution in [0.4, 0.5) is 0 Å². The van der Waals surface area contributed by atoms with Gasteiger partial charge in [-0.15, -0.1) is 0 Å². The maximum absolute atomic E-state index is 0. The Kier molecular flexibility index (Phi) is 440. The molecular weight excluding hydrogens is 833 g/mol. The van der Waals surface area contributed by atoms with E-state index in [1.165, 1.54) is 0 Å². The molecule has 0 spiro atoms. The van der Waals surface area contributed by atoms with Crippen LogP contribution in [-0.2, 0) is 0 Å². The van der Waals surface area contributed by atoms with Gasteiger partial charge in [0.25, 0.3) is 0 Å². The van der Waals surface area contributed by atoms with Crippen molar-refractivity contribution < 1.29 is 12.4 Å². The molecule has 0 nitrogen and oxygen atoms in total. The summed E-state index contributed by atoms with van der Waals surface area (Å²) in [6, 6.07) is 0. The maximum Gasteiger partial charge on any atom is 3.00 e. The summed E-state index contributed by atoms with van der Waals surface area (Å²) in [4.78, 5) is 0. The summed E-state index contributed by atoms with van der Waals surface area (Å²) >= 11 is 0. The number of halogens is 1. The Hall–Kier alpha value is 7.72. The first-order valence-electron chi connectivity index (χ1n) is 0. The average Bonchev–Trinajstić information content (AvgIpc) is 0. The monoisotopic (exact) mass is 837 g/mol. The van der Waals surface area contributed by atoms with Crippen molar-refractivity contribution in [3.63, 3.8) is 0 Å². The van der Waals surface area contributed by atoms with Crippen molar-refractivity contribution >= 4 is 235 Å². The van der Waals surface area contributed by atoms with Gasteiger partial charge in [-0.2, -0.15) is 0 Å². The molecule has 0 N–H and O–H groups in total. The van der Waals surface area contributed by atoms with Gasteiger partial charge in [-0.25, -0.2) is 0 Å². The van der Waals surface area contributed by atoms with Crippen molar-refractivity contribution in [3.8, 4) is 0 Å². The second kappa shape index (κ2) is 57.2. The minimum Gasteiger partial charge on any atom is -2.00 e. The summed E-state index contributed by atoms with van der Waals surface area (Å²) in [5.74, 6) is 0. The fraction of sp³-hybridized carbons (Fsp3) is 0. The molecule has 0 radical (unpaired) electrons. The molecule has 0 saturated carbocycles. The van der Waals surface area contributed by atoms with E-state index in [4.69, 9.17) is 0 Å². The summed E-state index contributed by atoms with van der Waals surface area (Å²) in [6.07, 6.45) is 0. The smallest absolute Gasteiger partial charge is 2.00 e. The molecule has 0 aromatic carbocycles. The summed E-state index contributed by atoms with van der Waals surface area (Å²) in [6.45, 7) is 0. The van der Waals surface area contributed by atoms with E-state index in [1.54, 1.807) is 0 Å². The van der Waals surface area contributed by atoms with Gasteiger partial charge in [0, 0.05) is 0 Å². The van der Waals surface area contributed by atoms with Gasteiger partial charge in [0.1, 0.15) is 0 Å². The van der Waals surface area contributed by atoms with E-state index < -0.39 is 0 Å². The predicted molar refractivity (Wildman–Crippen MR) is 46.0 cm³/mol. The third-order valence-electron chi connectivity index (χ3n) is 0. The first-order chi connectivity index (χ1) is 0. The van der Waals surface area contributed by atoms with Crippen LogP contribution in [0.5, 0.6) is 0 Å². The summed E-state index contributed by atoms with van der Waals surface area (Å²) in [5.41, 5.74) is 0. The van der Waals surface area contributed by atoms with Crippen LogP contribution in [0.1, 0.15) is 0 Å². The molecule has 0 aromatic rings. The van der Waals surface area contributed by atoms with E-state index >= 15 is 0 Å². The molecule has 0 fully saturated rings. The molecular formula is Ba3ClGaSe4. The number of rotatable bonds is 0. The van der Waals surface area contributed by atoms with Crippen molar-refractivity contribution in [1.29, 1.82) is 0 Å². The van der Waals surface area contributed by atoms with E-state index in [0.29, 0.717) is 0 Å². The van der Waals surface area contributed by atoms with Crippen molar-refractivity contribution in [2.24, 2.45) is 0 Å². The van der Waals surface area contributed by atoms with Crippen LogP contribution >= 0.6 is 0 Å². The molecule has 40 valence electrons. The Morgan fingerprint density at radius 2 is 0.444 bits per heavy atom. The van der Waals surface area contributed by atoms with E-state index in [1.807, 2.05) is 0 Å². The predicted octanol–water partition coefficient (Wildman–Crippen LogP) is -6.04. The fourth-order valence-corrected chi connectivity index (χ4v) is 0. The fourth-order valence-electron chi connectivity index (χ4n) is 0. The molecule has 0 saturated heterocycles. The van der Waals surface area contributed by atoms with Gasteiger partial charge >= 0.3 is 166 Å². The van der Waals surface area contributed by atoms with Crippen molar-refractivity contribution in [3.05, 3.63) is 0 Å². The second-order valence-corrected chi connectivity index (χ2v) is 0. The Morgan fingerprint density at radius 3 is 0.444 bits per heavy atom. The van der Waals surface area contributed by atoms with Crippen LogP contribution in [0.15, 0.2) is 0 Å². The molecule has 0 amide bonds. The van der Waals surface area contributed by atoms with Crippen LogP contribution in [0, 0.1) is 0 Å². The Morgan fingerprint density at radius 1 is 0.444 bits per heavy atom. The molecule has 0 aromatic heterocycles. The number of hydrogen-bond acceptors (Lipinski definition) is 0. The zero-order chi connectivity index (χ0) is 0. The van der Waals surface area contributed by atoms with Gasteiger partial charge in [0.2, 0.25) is 0 Å². The molecule has 0 unspecified atom stereocenters. The topological polar surface area (TPSA) is 0 Å². The summed E-state index contributed by atoms with van der Waals surface area (Å²) in [5, 5.41) is 0. The van der Waals surface area contributed by atoms with E-state index in [0.717, 1.165) is 0 Å². The molecule has 0 aliphatic carbocycles. The van der Waals surface area contributed by atoms with Crippen LogP contribution < -0.4 is 12.4 Å². The number of hydrogen-bond donors (Lipinski definition) is 0. The van der Waals surface area contributed by atoms with Crippen molar-refractivity contribution in [2.45, 2.75) is 0 Å². The normalized spacial score (nSPS) is 0. The van der Waals surface area contributed by atoms with Crippen LogP contribution in [0.3, 0.4) is 0 Å². The van der Waals surface area contributed by atoms with Crippen molar-refractivity contribution in [2.75, 3.05) is 0 Å². The minimum atomic E-state index is 0. The summed E-state index contributed by atoms with van der Waals surface area (Å²) < 4.78 is 0. The van der Waals surface area contributed by atoms with E-state index in [2.05, 4.69) is 0 Å². The van der Waals surface area contributed by atoms with Crippen LogP contribution in [0.25, 0.3) is 0 Å². The standard InChI is InChI=1S/3Ba.ClH.Ga.4Se/h;;;1H;;;;;/q3*+2;;+3;4*-2/p-1. The molecule has 0 bridgehead atoms. The van der Waals surface area contributed by atoms with Gasteiger partial charge in [-0.1, -0.05) is 0 Å². The third-order valence-corrected chi connectivity index (χ3v) is 0. The quantitative estimate of drug-likeness (QED) is 0.214. The molecule has 9 heavy (non-hydrogen) atoms. The Balaban J connectivity index is 0. The average molecular weight is 833 g/mol. The van der Waals surface area contributed by atoms with Crippen LogP contribution in [-0.4, -0.2) is 235 Å². The molecule has 9 heteroatoms. The summed E-state index contributed by atoms with van der Waals surface area (Å²) in [7, 11) is 0. The van der Waals surface area contributed by atoms with Gasteiger partial charge in [-0.05, 0) is 0 Å². The SMILES string of the molecule is [Ba+2].[Ba+2].[Ba+2].[Cl-].[Ga+3].[Se-2].[Se-2].[Se-2].[Se-2]. The van der Waals surface area contributed by atoms with Gasteiger partial charge in [0.15, 0.2) is 0 Å². The zero-order valence-corrected chi connectivity index (χ0v) is 28.1. The molecule has 0 heterocycles. The van der Waals surface area contributed by atoms with Gasteiger partial charge in [0.05, 0.1) is 0 Å². The van der Waals surface area contributed by atoms with Crippen LogP contribution in [0.2, 0.25) is 0 Å². The largest absolute Gasteiger partial charge is 3.00 e. The minimum absolute atomic E-state index is 0. The molecule has 0 rings (SSSR count). The maximum atomic E-state index is 0. The second-order valence-electron chi connectivity index (χ2n) is 0. The molecule has 0 aliphatic heterocycles. The molecule has 0 atom stereocenters. The van der Waals surface area contributed by atoms with Gasteiger partial charge < -0.3 is 80.7 Å². The molecule has 0 aliphatic rings. The van der Waals surface area contributed by atoms with E-state index in [-0.39, 0.29) is 247 Å². The van der Waals surface area contributed by atoms with E-state index in [9.17, 15) is 0 Å². The zero-order valence-electron chi connectivity index (χ0n) is 4.71. The van der Waals surface area contributed by atoms with Crippen molar-refractivity contribution in [1.82, 2.24) is 0 Å². The Bertz CT molecular complexity index is 15.8.